The van der Waals surface area contributed by atoms with Gasteiger partial charge in [0.25, 0.3) is 0 Å². The van der Waals surface area contributed by atoms with E-state index >= 15 is 0 Å². The van der Waals surface area contributed by atoms with Gasteiger partial charge in [-0.2, -0.15) is 0 Å². The molecule has 2 heterocycles. The van der Waals surface area contributed by atoms with Gasteiger partial charge < -0.3 is 5.32 Å². The minimum absolute atomic E-state index is 0.0566. The van der Waals surface area contributed by atoms with Gasteiger partial charge in [0.1, 0.15) is 0 Å². The molecule has 2 unspecified atom stereocenters. The van der Waals surface area contributed by atoms with Crippen LogP contribution >= 0.6 is 0 Å². The first-order chi connectivity index (χ1) is 8.81. The van der Waals surface area contributed by atoms with Crippen molar-refractivity contribution < 1.29 is 16.8 Å². The van der Waals surface area contributed by atoms with Crippen molar-refractivity contribution in [3.05, 3.63) is 0 Å². The Bertz CT molecular complexity index is 515. The zero-order valence-electron chi connectivity index (χ0n) is 11.2. The molecule has 2 fully saturated rings. The third kappa shape index (κ3) is 3.68. The van der Waals surface area contributed by atoms with E-state index in [1.807, 2.05) is 0 Å². The van der Waals surface area contributed by atoms with Crippen molar-refractivity contribution in [2.75, 3.05) is 37.7 Å². The van der Waals surface area contributed by atoms with Crippen LogP contribution in [0.3, 0.4) is 0 Å². The predicted octanol–water partition coefficient (Wildman–Crippen LogP) is -0.565. The van der Waals surface area contributed by atoms with Gasteiger partial charge in [-0.3, -0.25) is 0 Å². The van der Waals surface area contributed by atoms with Crippen molar-refractivity contribution >= 4 is 19.9 Å². The predicted molar refractivity (Wildman–Crippen MR) is 74.2 cm³/mol. The van der Waals surface area contributed by atoms with E-state index in [-0.39, 0.29) is 17.4 Å². The van der Waals surface area contributed by atoms with Crippen molar-refractivity contribution in [1.82, 2.24) is 9.62 Å². The standard InChI is InChI=1S/C11H22N2O4S2/c1-10-7-12-4-5-13(19(10,16)17)8-11-3-2-6-18(14,15)9-11/h10-12H,2-9H2,1H3. The lowest BCUT2D eigenvalue weighted by atomic mass is 10.1. The normalized spacial score (nSPS) is 35.6. The van der Waals surface area contributed by atoms with Crippen molar-refractivity contribution in [1.29, 1.82) is 0 Å². The summed E-state index contributed by atoms with van der Waals surface area (Å²) >= 11 is 0. The van der Waals surface area contributed by atoms with Crippen LogP contribution in [0.1, 0.15) is 19.8 Å². The molecular formula is C11H22N2O4S2. The minimum Gasteiger partial charge on any atom is -0.314 e. The average Bonchev–Trinajstić information content (AvgIpc) is 2.41. The fourth-order valence-electron chi connectivity index (χ4n) is 2.74. The molecule has 0 aromatic heterocycles. The van der Waals surface area contributed by atoms with Gasteiger partial charge in [-0.1, -0.05) is 0 Å². The van der Waals surface area contributed by atoms with Crippen LogP contribution in [0.2, 0.25) is 0 Å². The maximum atomic E-state index is 12.3. The number of hydrogen-bond donors (Lipinski definition) is 1. The molecule has 2 saturated heterocycles. The molecule has 0 spiro atoms. The Hall–Kier alpha value is -0.180. The third-order valence-corrected chi connectivity index (χ3v) is 7.98. The molecule has 2 aliphatic rings. The Kier molecular flexibility index (Phi) is 4.54. The zero-order valence-corrected chi connectivity index (χ0v) is 12.8. The highest BCUT2D eigenvalue weighted by Gasteiger charge is 2.34. The fraction of sp³-hybridized carbons (Fsp3) is 1.00. The monoisotopic (exact) mass is 310 g/mol. The van der Waals surface area contributed by atoms with E-state index in [1.165, 1.54) is 4.31 Å². The lowest BCUT2D eigenvalue weighted by Gasteiger charge is -2.29. The lowest BCUT2D eigenvalue weighted by Crippen LogP contribution is -2.43. The average molecular weight is 310 g/mol. The van der Waals surface area contributed by atoms with Gasteiger partial charge >= 0.3 is 0 Å². The van der Waals surface area contributed by atoms with Crippen LogP contribution in [0.4, 0.5) is 0 Å². The van der Waals surface area contributed by atoms with Crippen molar-refractivity contribution in [3.63, 3.8) is 0 Å². The molecule has 2 atom stereocenters. The molecule has 0 aromatic carbocycles. The van der Waals surface area contributed by atoms with Crippen molar-refractivity contribution in [3.8, 4) is 0 Å². The summed E-state index contributed by atoms with van der Waals surface area (Å²) in [5.74, 6) is 0.313. The Balaban J connectivity index is 2.08. The van der Waals surface area contributed by atoms with Gasteiger partial charge in [0, 0.05) is 26.2 Å². The Morgan fingerprint density at radius 3 is 2.68 bits per heavy atom. The number of nitrogens with one attached hydrogen (secondary N) is 1. The molecule has 0 saturated carbocycles. The second-order valence-electron chi connectivity index (χ2n) is 5.54. The van der Waals surface area contributed by atoms with E-state index in [9.17, 15) is 16.8 Å². The molecule has 0 amide bonds. The van der Waals surface area contributed by atoms with Gasteiger partial charge in [0.15, 0.2) is 9.84 Å². The van der Waals surface area contributed by atoms with Crippen LogP contribution in [0.5, 0.6) is 0 Å². The van der Waals surface area contributed by atoms with E-state index in [2.05, 4.69) is 5.32 Å². The van der Waals surface area contributed by atoms with Gasteiger partial charge in [0.2, 0.25) is 10.0 Å². The Morgan fingerprint density at radius 2 is 2.00 bits per heavy atom. The first-order valence-corrected chi connectivity index (χ1v) is 10.0. The van der Waals surface area contributed by atoms with E-state index in [0.717, 1.165) is 6.42 Å². The summed E-state index contributed by atoms with van der Waals surface area (Å²) in [5.41, 5.74) is 0. The SMILES string of the molecule is CC1CNCCN(CC2CCCS(=O)(=O)C2)S1(=O)=O. The quantitative estimate of drug-likeness (QED) is 0.739. The summed E-state index contributed by atoms with van der Waals surface area (Å²) in [6.45, 7) is 3.56. The molecule has 112 valence electrons. The van der Waals surface area contributed by atoms with Gasteiger partial charge in [-0.05, 0) is 25.7 Å². The number of rotatable bonds is 2. The van der Waals surface area contributed by atoms with Crippen LogP contribution in [-0.2, 0) is 19.9 Å². The number of nitrogens with zero attached hydrogens (tertiary/aromatic N) is 1. The number of hydrogen-bond acceptors (Lipinski definition) is 5. The Morgan fingerprint density at radius 1 is 1.26 bits per heavy atom. The summed E-state index contributed by atoms with van der Waals surface area (Å²) in [4.78, 5) is 0. The molecule has 6 nitrogen and oxygen atoms in total. The highest BCUT2D eigenvalue weighted by atomic mass is 32.2. The summed E-state index contributed by atoms with van der Waals surface area (Å²) < 4.78 is 49.3. The maximum absolute atomic E-state index is 12.3. The topological polar surface area (TPSA) is 83.6 Å². The van der Waals surface area contributed by atoms with E-state index in [0.29, 0.717) is 32.6 Å². The molecule has 0 aromatic rings. The van der Waals surface area contributed by atoms with Crippen LogP contribution < -0.4 is 5.32 Å². The zero-order chi connectivity index (χ0) is 14.1. The van der Waals surface area contributed by atoms with Gasteiger partial charge in [-0.15, -0.1) is 0 Å². The van der Waals surface area contributed by atoms with Crippen molar-refractivity contribution in [2.45, 2.75) is 25.0 Å². The smallest absolute Gasteiger partial charge is 0.218 e. The van der Waals surface area contributed by atoms with Crippen LogP contribution in [0.25, 0.3) is 0 Å². The molecule has 1 N–H and O–H groups in total. The summed E-state index contributed by atoms with van der Waals surface area (Å²) in [6.07, 6.45) is 1.45. The maximum Gasteiger partial charge on any atom is 0.218 e. The number of sulfone groups is 1. The van der Waals surface area contributed by atoms with Crippen LogP contribution in [0, 0.1) is 5.92 Å². The fourth-order valence-corrected chi connectivity index (χ4v) is 6.11. The first-order valence-electron chi connectivity index (χ1n) is 6.71. The first kappa shape index (κ1) is 15.2. The highest BCUT2D eigenvalue weighted by Crippen LogP contribution is 2.22. The van der Waals surface area contributed by atoms with Gasteiger partial charge in [0.05, 0.1) is 16.8 Å². The Labute approximate surface area is 115 Å². The summed E-state index contributed by atoms with van der Waals surface area (Å²) in [5, 5.41) is 2.65. The third-order valence-electron chi connectivity index (χ3n) is 3.86. The summed E-state index contributed by atoms with van der Waals surface area (Å²) in [7, 11) is -6.28. The molecule has 0 aliphatic carbocycles. The van der Waals surface area contributed by atoms with Crippen LogP contribution in [0.15, 0.2) is 0 Å². The largest absolute Gasteiger partial charge is 0.314 e. The lowest BCUT2D eigenvalue weighted by molar-refractivity contribution is 0.342. The van der Waals surface area contributed by atoms with Gasteiger partial charge in [-0.25, -0.2) is 21.1 Å². The van der Waals surface area contributed by atoms with Crippen LogP contribution in [-0.4, -0.2) is 64.1 Å². The molecule has 8 heteroatoms. The highest BCUT2D eigenvalue weighted by molar-refractivity contribution is 7.91. The molecule has 19 heavy (non-hydrogen) atoms. The number of sulfonamides is 1. The van der Waals surface area contributed by atoms with E-state index in [4.69, 9.17) is 0 Å². The molecular weight excluding hydrogens is 288 g/mol. The molecule has 2 aliphatic heterocycles. The van der Waals surface area contributed by atoms with E-state index in [1.54, 1.807) is 6.92 Å². The second kappa shape index (κ2) is 5.67. The minimum atomic E-state index is -3.30. The van der Waals surface area contributed by atoms with Crippen molar-refractivity contribution in [2.24, 2.45) is 5.92 Å². The second-order valence-corrected chi connectivity index (χ2v) is 10.1. The molecule has 0 radical (unpaired) electrons. The molecule has 0 bridgehead atoms. The summed E-state index contributed by atoms with van der Waals surface area (Å²) in [6, 6.07) is 0. The molecule has 2 rings (SSSR count). The van der Waals surface area contributed by atoms with E-state index < -0.39 is 25.1 Å².